The fraction of sp³-hybridized carbons (Fsp3) is 0.933. The first-order valence-electron chi connectivity index (χ1n) is 13.9. The van der Waals surface area contributed by atoms with Crippen molar-refractivity contribution in [3.63, 3.8) is 0 Å². The van der Waals surface area contributed by atoms with E-state index < -0.39 is 0 Å². The van der Waals surface area contributed by atoms with Crippen molar-refractivity contribution in [3.05, 3.63) is 11.6 Å². The van der Waals surface area contributed by atoms with E-state index in [1.807, 2.05) is 0 Å². The van der Waals surface area contributed by atoms with Crippen molar-refractivity contribution >= 4 is 0 Å². The van der Waals surface area contributed by atoms with E-state index in [1.165, 1.54) is 63.4 Å². The molecule has 5 saturated carbocycles. The maximum atomic E-state index is 10.9. The molecule has 32 heavy (non-hydrogen) atoms. The molecule has 5 aliphatic carbocycles. The number of aliphatic hydroxyl groups is 1. The van der Waals surface area contributed by atoms with Gasteiger partial charge in [0.15, 0.2) is 0 Å². The second-order valence-electron chi connectivity index (χ2n) is 14.6. The lowest BCUT2D eigenvalue weighted by Gasteiger charge is -2.63. The lowest BCUT2D eigenvalue weighted by molar-refractivity contribution is -0.161. The van der Waals surface area contributed by atoms with Gasteiger partial charge in [-0.3, -0.25) is 0 Å². The zero-order chi connectivity index (χ0) is 22.7. The Morgan fingerprint density at radius 1 is 0.844 bits per heavy atom. The minimum atomic E-state index is -0.0938. The van der Waals surface area contributed by atoms with Crippen molar-refractivity contribution < 1.29 is 9.84 Å². The summed E-state index contributed by atoms with van der Waals surface area (Å²) in [5, 5.41) is 10.9. The third-order valence-corrected chi connectivity index (χ3v) is 13.3. The molecule has 0 radical (unpaired) electrons. The molecule has 6 fully saturated rings. The molecule has 6 aliphatic rings. The number of fused-ring (bicyclic) bond motifs is 2. The fourth-order valence-corrected chi connectivity index (χ4v) is 11.6. The van der Waals surface area contributed by atoms with E-state index in [9.17, 15) is 5.11 Å². The number of rotatable bonds is 2. The average molecular weight is 441 g/mol. The number of hydrogen-bond donors (Lipinski definition) is 1. The van der Waals surface area contributed by atoms with Gasteiger partial charge in [-0.2, -0.15) is 0 Å². The van der Waals surface area contributed by atoms with Crippen LogP contribution in [0.25, 0.3) is 0 Å². The second-order valence-corrected chi connectivity index (χ2v) is 14.6. The zero-order valence-electron chi connectivity index (χ0n) is 21.7. The summed E-state index contributed by atoms with van der Waals surface area (Å²) in [6.07, 6.45) is 16.2. The molecule has 0 unspecified atom stereocenters. The SMILES string of the molecule is CC(C)=C[C@H]1C[C@H]([C@H]2CC[C@@]3(C)[C@@H]4CC[C@H]5C(C)(C)[C@@H](O)CC[C@@]56C[C@@]46CC[C@]23C)CO1. The topological polar surface area (TPSA) is 29.5 Å². The van der Waals surface area contributed by atoms with Gasteiger partial charge in [-0.25, -0.2) is 0 Å². The smallest absolute Gasteiger partial charge is 0.0761 e. The van der Waals surface area contributed by atoms with Gasteiger partial charge in [-0.05, 0) is 129 Å². The van der Waals surface area contributed by atoms with Crippen LogP contribution in [0.1, 0.15) is 106 Å². The molecule has 1 aliphatic heterocycles. The second kappa shape index (κ2) is 6.66. The zero-order valence-corrected chi connectivity index (χ0v) is 21.7. The first kappa shape index (κ1) is 22.1. The fourth-order valence-electron chi connectivity index (χ4n) is 11.6. The first-order valence-corrected chi connectivity index (χ1v) is 13.9. The Kier molecular flexibility index (Phi) is 4.61. The Labute approximate surface area is 197 Å². The number of allylic oxidation sites excluding steroid dienone is 1. The Balaban J connectivity index is 1.28. The summed E-state index contributed by atoms with van der Waals surface area (Å²) in [5.74, 6) is 3.26. The normalized spacial score (nSPS) is 57.7. The summed E-state index contributed by atoms with van der Waals surface area (Å²) in [6, 6.07) is 0. The Hall–Kier alpha value is -0.340. The maximum Gasteiger partial charge on any atom is 0.0761 e. The predicted molar refractivity (Wildman–Crippen MR) is 130 cm³/mol. The molecular formula is C30H48O2. The summed E-state index contributed by atoms with van der Waals surface area (Å²) in [4.78, 5) is 0. The van der Waals surface area contributed by atoms with Crippen molar-refractivity contribution in [1.29, 1.82) is 0 Å². The highest BCUT2D eigenvalue weighted by Crippen LogP contribution is 2.89. The van der Waals surface area contributed by atoms with E-state index in [0.29, 0.717) is 27.8 Å². The summed E-state index contributed by atoms with van der Waals surface area (Å²) in [6.45, 7) is 15.6. The van der Waals surface area contributed by atoms with Crippen LogP contribution in [0.15, 0.2) is 11.6 Å². The van der Waals surface area contributed by atoms with Gasteiger partial charge in [0, 0.05) is 0 Å². The molecule has 0 aromatic rings. The summed E-state index contributed by atoms with van der Waals surface area (Å²) in [5.41, 5.74) is 3.65. The lowest BCUT2D eigenvalue weighted by atomic mass is 9.41. The van der Waals surface area contributed by atoms with Gasteiger partial charge in [-0.1, -0.05) is 39.3 Å². The van der Waals surface area contributed by atoms with Gasteiger partial charge >= 0.3 is 0 Å². The highest BCUT2D eigenvalue weighted by Gasteiger charge is 2.82. The molecule has 1 saturated heterocycles. The average Bonchev–Trinajstić information content (AvgIpc) is 3.02. The summed E-state index contributed by atoms with van der Waals surface area (Å²) >= 11 is 0. The Morgan fingerprint density at radius 3 is 2.31 bits per heavy atom. The highest BCUT2D eigenvalue weighted by atomic mass is 16.5. The van der Waals surface area contributed by atoms with Crippen LogP contribution < -0.4 is 0 Å². The van der Waals surface area contributed by atoms with E-state index in [-0.39, 0.29) is 11.5 Å². The number of hydrogen-bond acceptors (Lipinski definition) is 2. The van der Waals surface area contributed by atoms with Crippen molar-refractivity contribution in [1.82, 2.24) is 0 Å². The molecular weight excluding hydrogens is 392 g/mol. The molecule has 1 N–H and O–H groups in total. The minimum Gasteiger partial charge on any atom is -0.393 e. The third-order valence-electron chi connectivity index (χ3n) is 13.3. The molecule has 2 heteroatoms. The van der Waals surface area contributed by atoms with Gasteiger partial charge < -0.3 is 9.84 Å². The third kappa shape index (κ3) is 2.50. The van der Waals surface area contributed by atoms with Crippen LogP contribution in [0, 0.1) is 50.7 Å². The Morgan fingerprint density at radius 2 is 1.56 bits per heavy atom. The molecule has 2 spiro atoms. The highest BCUT2D eigenvalue weighted by molar-refractivity contribution is 5.30. The van der Waals surface area contributed by atoms with Gasteiger partial charge in [0.2, 0.25) is 0 Å². The molecule has 1 heterocycles. The summed E-state index contributed by atoms with van der Waals surface area (Å²) in [7, 11) is 0. The lowest BCUT2D eigenvalue weighted by Crippen LogP contribution is -2.57. The quantitative estimate of drug-likeness (QED) is 0.462. The van der Waals surface area contributed by atoms with E-state index in [0.717, 1.165) is 36.7 Å². The van der Waals surface area contributed by atoms with Crippen LogP contribution in [0.2, 0.25) is 0 Å². The maximum absolute atomic E-state index is 10.9. The predicted octanol–water partition coefficient (Wildman–Crippen LogP) is 7.16. The van der Waals surface area contributed by atoms with E-state index in [1.54, 1.807) is 0 Å². The van der Waals surface area contributed by atoms with Crippen LogP contribution >= 0.6 is 0 Å². The monoisotopic (exact) mass is 440 g/mol. The molecule has 10 atom stereocenters. The van der Waals surface area contributed by atoms with Crippen molar-refractivity contribution in [2.24, 2.45) is 50.7 Å². The number of aliphatic hydroxyl groups excluding tert-OH is 1. The van der Waals surface area contributed by atoms with Gasteiger partial charge in [0.05, 0.1) is 18.8 Å². The van der Waals surface area contributed by atoms with Crippen molar-refractivity contribution in [3.8, 4) is 0 Å². The van der Waals surface area contributed by atoms with Gasteiger partial charge in [-0.15, -0.1) is 0 Å². The van der Waals surface area contributed by atoms with Crippen LogP contribution in [0.5, 0.6) is 0 Å². The van der Waals surface area contributed by atoms with E-state index in [2.05, 4.69) is 47.6 Å². The van der Waals surface area contributed by atoms with E-state index in [4.69, 9.17) is 4.74 Å². The van der Waals surface area contributed by atoms with Crippen LogP contribution in [-0.4, -0.2) is 23.9 Å². The molecule has 2 nitrogen and oxygen atoms in total. The van der Waals surface area contributed by atoms with Crippen molar-refractivity contribution in [2.75, 3.05) is 6.61 Å². The number of ether oxygens (including phenoxy) is 1. The van der Waals surface area contributed by atoms with Crippen molar-refractivity contribution in [2.45, 2.75) is 118 Å². The largest absolute Gasteiger partial charge is 0.393 e. The molecule has 0 aromatic heterocycles. The van der Waals surface area contributed by atoms with Crippen LogP contribution in [-0.2, 0) is 4.74 Å². The molecule has 180 valence electrons. The Bertz CT molecular complexity index is 825. The van der Waals surface area contributed by atoms with Crippen LogP contribution in [0.3, 0.4) is 0 Å². The standard InChI is InChI=1S/C30H48O2/c1-19(2)15-21-16-20(17-32-21)22-9-11-28(6)24-8-7-23-26(3,4)25(31)10-12-29(23)18-30(24,29)14-13-27(22,28)5/h15,20-25,31H,7-14,16-18H2,1-6H3/t20-,21-,22+,23-,24-,25-,27+,28-,29+,30-/m0/s1. The van der Waals surface area contributed by atoms with Crippen LogP contribution in [0.4, 0.5) is 0 Å². The molecule has 6 rings (SSSR count). The molecule has 0 aromatic carbocycles. The van der Waals surface area contributed by atoms with E-state index >= 15 is 0 Å². The summed E-state index contributed by atoms with van der Waals surface area (Å²) < 4.78 is 6.28. The van der Waals surface area contributed by atoms with Gasteiger partial charge in [0.1, 0.15) is 0 Å². The van der Waals surface area contributed by atoms with Gasteiger partial charge in [0.25, 0.3) is 0 Å². The first-order chi connectivity index (χ1) is 15.0. The molecule has 0 bridgehead atoms. The molecule has 0 amide bonds. The minimum absolute atomic E-state index is 0.0938.